The maximum absolute atomic E-state index is 15.6. The lowest BCUT2D eigenvalue weighted by molar-refractivity contribution is 0.144. The van der Waals surface area contributed by atoms with E-state index >= 15 is 4.39 Å². The summed E-state index contributed by atoms with van der Waals surface area (Å²) in [5, 5.41) is 8.48. The van der Waals surface area contributed by atoms with Crippen molar-refractivity contribution in [1.82, 2.24) is 4.57 Å². The predicted molar refractivity (Wildman–Crippen MR) is 103 cm³/mol. The molecule has 0 bridgehead atoms. The Balaban J connectivity index is 2.05. The van der Waals surface area contributed by atoms with E-state index in [0.29, 0.717) is 13.0 Å². The van der Waals surface area contributed by atoms with Gasteiger partial charge in [-0.2, -0.15) is 0 Å². The van der Waals surface area contributed by atoms with Crippen molar-refractivity contribution in [2.45, 2.75) is 12.5 Å². The molecule has 1 unspecified atom stereocenters. The number of nitrogens with two attached hydrogens (primary N) is 1. The van der Waals surface area contributed by atoms with Gasteiger partial charge in [0, 0.05) is 24.8 Å². The Kier molecular flexibility index (Phi) is 4.86. The number of halogens is 3. The van der Waals surface area contributed by atoms with Crippen molar-refractivity contribution in [1.29, 1.82) is 0 Å². The van der Waals surface area contributed by atoms with Gasteiger partial charge in [-0.05, 0) is 36.8 Å². The van der Waals surface area contributed by atoms with Crippen LogP contribution in [0, 0.1) is 17.5 Å². The highest BCUT2D eigenvalue weighted by molar-refractivity contribution is 5.87. The summed E-state index contributed by atoms with van der Waals surface area (Å²) in [4.78, 5) is 25.1. The maximum atomic E-state index is 15.6. The molecule has 1 saturated heterocycles. The van der Waals surface area contributed by atoms with Gasteiger partial charge in [0.1, 0.15) is 17.3 Å². The number of benzene rings is 2. The Hall–Kier alpha value is -3.53. The molecule has 10 heteroatoms. The molecule has 0 spiro atoms. The topological polar surface area (TPSA) is 97.8 Å². The highest BCUT2D eigenvalue weighted by Crippen LogP contribution is 2.33. The minimum atomic E-state index is -1.76. The van der Waals surface area contributed by atoms with Crippen molar-refractivity contribution in [3.05, 3.63) is 64.2 Å². The van der Waals surface area contributed by atoms with E-state index in [1.165, 1.54) is 17.0 Å². The van der Waals surface area contributed by atoms with Crippen LogP contribution in [-0.4, -0.2) is 35.0 Å². The molecule has 1 atom stereocenters. The first-order chi connectivity index (χ1) is 14.3. The zero-order valence-corrected chi connectivity index (χ0v) is 15.4. The van der Waals surface area contributed by atoms with Crippen molar-refractivity contribution in [2.75, 3.05) is 18.0 Å². The van der Waals surface area contributed by atoms with Gasteiger partial charge in [-0.15, -0.1) is 0 Å². The number of carboxylic acid groups (broad SMARTS) is 1. The molecule has 30 heavy (non-hydrogen) atoms. The van der Waals surface area contributed by atoms with E-state index in [1.807, 2.05) is 0 Å². The molecular formula is C20H16F3N3O4. The molecule has 1 aliphatic rings. The van der Waals surface area contributed by atoms with Crippen LogP contribution in [0.3, 0.4) is 0 Å². The van der Waals surface area contributed by atoms with Crippen LogP contribution in [0.1, 0.15) is 6.42 Å². The molecule has 1 aliphatic heterocycles. The number of ether oxygens (including phenoxy) is 1. The Bertz CT molecular complexity index is 1210. The first-order valence-electron chi connectivity index (χ1n) is 9.01. The maximum Gasteiger partial charge on any atom is 0.511 e. The third kappa shape index (κ3) is 3.35. The minimum absolute atomic E-state index is 0.214. The van der Waals surface area contributed by atoms with Crippen LogP contribution < -0.4 is 20.8 Å². The number of aromatic nitrogens is 1. The van der Waals surface area contributed by atoms with E-state index in [4.69, 9.17) is 10.8 Å². The number of pyridine rings is 1. The van der Waals surface area contributed by atoms with Crippen molar-refractivity contribution in [3.8, 4) is 11.4 Å². The molecule has 0 aliphatic carbocycles. The zero-order valence-electron chi connectivity index (χ0n) is 15.4. The third-order valence-corrected chi connectivity index (χ3v) is 4.97. The average molecular weight is 419 g/mol. The smallest absolute Gasteiger partial charge is 0.449 e. The number of rotatable bonds is 3. The second-order valence-corrected chi connectivity index (χ2v) is 6.95. The van der Waals surface area contributed by atoms with Gasteiger partial charge in [-0.1, -0.05) is 0 Å². The number of hydrogen-bond donors (Lipinski definition) is 2. The number of nitrogens with zero attached hydrogens (tertiary/aromatic N) is 2. The number of fused-ring (bicyclic) bond motifs is 1. The Morgan fingerprint density at radius 2 is 1.90 bits per heavy atom. The van der Waals surface area contributed by atoms with Crippen molar-refractivity contribution >= 4 is 22.7 Å². The van der Waals surface area contributed by atoms with Gasteiger partial charge in [-0.25, -0.2) is 18.0 Å². The van der Waals surface area contributed by atoms with Gasteiger partial charge in [0.05, 0.1) is 17.1 Å². The van der Waals surface area contributed by atoms with Crippen LogP contribution in [0.15, 0.2) is 41.3 Å². The highest BCUT2D eigenvalue weighted by atomic mass is 19.1. The summed E-state index contributed by atoms with van der Waals surface area (Å²) in [5.74, 6) is -3.19. The summed E-state index contributed by atoms with van der Waals surface area (Å²) in [7, 11) is 0. The SMILES string of the molecule is NC1CCN(c2c(F)cc3c(=O)c(OC(=O)O)cn(-c4ccc(F)cc4)c3c2F)C1. The highest BCUT2D eigenvalue weighted by Gasteiger charge is 2.28. The molecule has 0 amide bonds. The molecule has 0 radical (unpaired) electrons. The van der Waals surface area contributed by atoms with Gasteiger partial charge in [0.2, 0.25) is 5.43 Å². The lowest BCUT2D eigenvalue weighted by Gasteiger charge is -2.22. The number of anilines is 1. The fourth-order valence-corrected chi connectivity index (χ4v) is 3.63. The summed E-state index contributed by atoms with van der Waals surface area (Å²) < 4.78 is 49.4. The van der Waals surface area contributed by atoms with Crippen molar-refractivity contribution < 1.29 is 27.8 Å². The molecule has 3 N–H and O–H groups in total. The second kappa shape index (κ2) is 7.38. The first kappa shape index (κ1) is 19.8. The van der Waals surface area contributed by atoms with Crippen molar-refractivity contribution in [2.24, 2.45) is 5.73 Å². The average Bonchev–Trinajstić information content (AvgIpc) is 3.10. The van der Waals surface area contributed by atoms with Crippen LogP contribution in [0.25, 0.3) is 16.6 Å². The van der Waals surface area contributed by atoms with Crippen molar-refractivity contribution in [3.63, 3.8) is 0 Å². The number of carbonyl (C=O) groups is 1. The summed E-state index contributed by atoms with van der Waals surface area (Å²) in [6.07, 6.45) is -0.236. The van der Waals surface area contributed by atoms with Gasteiger partial charge < -0.3 is 25.0 Å². The molecule has 2 heterocycles. The molecule has 3 aromatic rings. The van der Waals surface area contributed by atoms with Crippen LogP contribution in [0.4, 0.5) is 23.7 Å². The van der Waals surface area contributed by atoms with Crippen LogP contribution >= 0.6 is 0 Å². The van der Waals surface area contributed by atoms with E-state index in [-0.39, 0.29) is 29.5 Å². The number of hydrogen-bond acceptors (Lipinski definition) is 5. The Morgan fingerprint density at radius 3 is 2.50 bits per heavy atom. The lowest BCUT2D eigenvalue weighted by atomic mass is 10.1. The first-order valence-corrected chi connectivity index (χ1v) is 9.01. The summed E-state index contributed by atoms with van der Waals surface area (Å²) >= 11 is 0. The van der Waals surface area contributed by atoms with Gasteiger partial charge in [0.25, 0.3) is 0 Å². The molecular weight excluding hydrogens is 403 g/mol. The largest absolute Gasteiger partial charge is 0.511 e. The Labute approximate surface area is 167 Å². The van der Waals surface area contributed by atoms with E-state index in [2.05, 4.69) is 4.74 Å². The van der Waals surface area contributed by atoms with Gasteiger partial charge in [-0.3, -0.25) is 4.79 Å². The summed E-state index contributed by atoms with van der Waals surface area (Å²) in [6.45, 7) is 0.571. The van der Waals surface area contributed by atoms with E-state index < -0.39 is 40.2 Å². The fraction of sp³-hybridized carbons (Fsp3) is 0.200. The normalized spacial score (nSPS) is 16.3. The van der Waals surface area contributed by atoms with Gasteiger partial charge in [0.15, 0.2) is 11.6 Å². The predicted octanol–water partition coefficient (Wildman–Crippen LogP) is 3.00. The lowest BCUT2D eigenvalue weighted by Crippen LogP contribution is -2.28. The third-order valence-electron chi connectivity index (χ3n) is 4.97. The summed E-state index contributed by atoms with van der Waals surface area (Å²) in [5.41, 5.74) is 4.45. The van der Waals surface area contributed by atoms with E-state index in [1.54, 1.807) is 0 Å². The quantitative estimate of drug-likeness (QED) is 0.634. The second-order valence-electron chi connectivity index (χ2n) is 6.95. The molecule has 7 nitrogen and oxygen atoms in total. The molecule has 4 rings (SSSR count). The Morgan fingerprint density at radius 1 is 1.20 bits per heavy atom. The standard InChI is InChI=1S/C20H16F3N3O4/c21-10-1-3-12(4-2-10)26-9-15(30-20(28)29)19(27)13-7-14(22)18(16(23)17(13)26)25-6-5-11(24)8-25/h1-4,7,9,11H,5-6,8,24H2,(H,28,29). The molecule has 156 valence electrons. The van der Waals surface area contributed by atoms with E-state index in [0.717, 1.165) is 29.0 Å². The fourth-order valence-electron chi connectivity index (χ4n) is 3.63. The summed E-state index contributed by atoms with van der Waals surface area (Å²) in [6, 6.07) is 5.42. The van der Waals surface area contributed by atoms with Crippen LogP contribution in [0.5, 0.6) is 5.75 Å². The molecule has 1 aromatic heterocycles. The minimum Gasteiger partial charge on any atom is -0.449 e. The molecule has 2 aromatic carbocycles. The zero-order chi connectivity index (χ0) is 21.6. The van der Waals surface area contributed by atoms with E-state index in [9.17, 15) is 18.4 Å². The van der Waals surface area contributed by atoms with Crippen LogP contribution in [0.2, 0.25) is 0 Å². The van der Waals surface area contributed by atoms with Crippen LogP contribution in [-0.2, 0) is 0 Å². The molecule has 0 saturated carbocycles. The monoisotopic (exact) mass is 419 g/mol. The van der Waals surface area contributed by atoms with Gasteiger partial charge >= 0.3 is 6.16 Å². The molecule has 1 fully saturated rings.